The van der Waals surface area contributed by atoms with Crippen molar-refractivity contribution in [2.24, 2.45) is 7.05 Å². The number of nitrogens with one attached hydrogen (secondary N) is 2. The van der Waals surface area contributed by atoms with Gasteiger partial charge in [-0.3, -0.25) is 0 Å². The number of sulfonamides is 1. The first-order chi connectivity index (χ1) is 10.0. The number of anilines is 1. The van der Waals surface area contributed by atoms with Gasteiger partial charge in [0.2, 0.25) is 10.0 Å². The molecule has 0 spiro atoms. The molecule has 1 aromatic heterocycles. The van der Waals surface area contributed by atoms with Gasteiger partial charge >= 0.3 is 0 Å². The van der Waals surface area contributed by atoms with Crippen LogP contribution in [0.1, 0.15) is 12.7 Å². The van der Waals surface area contributed by atoms with Crippen LogP contribution in [0.25, 0.3) is 0 Å². The van der Waals surface area contributed by atoms with E-state index in [2.05, 4.69) is 20.2 Å². The number of nitrogens with zero attached hydrogens (tertiary/aromatic N) is 3. The van der Waals surface area contributed by atoms with Crippen molar-refractivity contribution < 1.29 is 8.42 Å². The lowest BCUT2D eigenvalue weighted by Gasteiger charge is -2.08. The maximum absolute atomic E-state index is 11.8. The molecule has 7 nitrogen and oxygen atoms in total. The van der Waals surface area contributed by atoms with E-state index in [9.17, 15) is 8.42 Å². The van der Waals surface area contributed by atoms with Gasteiger partial charge < -0.3 is 9.88 Å². The first-order valence-corrected chi connectivity index (χ1v) is 8.17. The van der Waals surface area contributed by atoms with Gasteiger partial charge in [0, 0.05) is 32.2 Å². The number of aryl methyl sites for hydroxylation is 1. The lowest BCUT2D eigenvalue weighted by molar-refractivity contribution is 0.584. The van der Waals surface area contributed by atoms with Crippen molar-refractivity contribution in [1.82, 2.24) is 19.5 Å². The molecule has 1 aromatic carbocycles. The third-order valence-corrected chi connectivity index (χ3v) is 4.54. The van der Waals surface area contributed by atoms with Crippen molar-refractivity contribution in [3.05, 3.63) is 36.4 Å². The van der Waals surface area contributed by atoms with Crippen LogP contribution in [0.2, 0.25) is 0 Å². The molecule has 0 saturated carbocycles. The van der Waals surface area contributed by atoms with E-state index in [1.54, 1.807) is 37.5 Å². The minimum atomic E-state index is -3.39. The molecule has 1 heterocycles. The molecule has 8 heteroatoms. The van der Waals surface area contributed by atoms with E-state index in [1.165, 1.54) is 0 Å². The molecule has 2 aromatic rings. The zero-order valence-corrected chi connectivity index (χ0v) is 12.9. The Morgan fingerprint density at radius 3 is 2.52 bits per heavy atom. The molecular formula is C13H19N5O2S. The van der Waals surface area contributed by atoms with Gasteiger partial charge in [-0.1, -0.05) is 6.92 Å². The molecular weight excluding hydrogens is 290 g/mol. The second-order valence-electron chi connectivity index (χ2n) is 4.56. The Kier molecular flexibility index (Phi) is 4.92. The summed E-state index contributed by atoms with van der Waals surface area (Å²) >= 11 is 0. The minimum absolute atomic E-state index is 0.267. The fourth-order valence-electron chi connectivity index (χ4n) is 1.88. The average Bonchev–Trinajstić information content (AvgIpc) is 2.85. The summed E-state index contributed by atoms with van der Waals surface area (Å²) in [6, 6.07) is 6.67. The molecule has 0 aliphatic rings. The number of benzene rings is 1. The molecule has 2 rings (SSSR count). The van der Waals surface area contributed by atoms with Crippen molar-refractivity contribution in [2.75, 3.05) is 18.4 Å². The third-order valence-electron chi connectivity index (χ3n) is 2.98. The summed E-state index contributed by atoms with van der Waals surface area (Å²) in [6.45, 7) is 2.83. The number of aromatic nitrogens is 3. The zero-order chi connectivity index (χ0) is 15.3. The van der Waals surface area contributed by atoms with Gasteiger partial charge in [-0.2, -0.15) is 0 Å². The van der Waals surface area contributed by atoms with Gasteiger partial charge in [-0.15, -0.1) is 10.2 Å². The van der Waals surface area contributed by atoms with Gasteiger partial charge in [-0.25, -0.2) is 13.1 Å². The summed E-state index contributed by atoms with van der Waals surface area (Å²) in [4.78, 5) is 0.267. The number of rotatable bonds is 7. The maximum atomic E-state index is 11.8. The molecule has 0 amide bonds. The Hall–Kier alpha value is -1.93. The Balaban J connectivity index is 1.92. The van der Waals surface area contributed by atoms with Crippen LogP contribution in [0, 0.1) is 0 Å². The number of hydrogen-bond acceptors (Lipinski definition) is 5. The van der Waals surface area contributed by atoms with Crippen molar-refractivity contribution in [3.63, 3.8) is 0 Å². The Labute approximate surface area is 124 Å². The van der Waals surface area contributed by atoms with Crippen LogP contribution in [0.15, 0.2) is 35.5 Å². The fourth-order valence-corrected chi connectivity index (χ4v) is 2.92. The first-order valence-electron chi connectivity index (χ1n) is 6.69. The molecule has 0 unspecified atom stereocenters. The molecule has 0 aliphatic heterocycles. The van der Waals surface area contributed by atoms with Crippen LogP contribution in [0.3, 0.4) is 0 Å². The van der Waals surface area contributed by atoms with Gasteiger partial charge in [0.15, 0.2) is 0 Å². The van der Waals surface area contributed by atoms with Gasteiger partial charge in [0.05, 0.1) is 4.90 Å². The van der Waals surface area contributed by atoms with Crippen LogP contribution < -0.4 is 10.0 Å². The highest BCUT2D eigenvalue weighted by Gasteiger charge is 2.11. The van der Waals surface area contributed by atoms with Crippen molar-refractivity contribution in [2.45, 2.75) is 18.2 Å². The molecule has 0 radical (unpaired) electrons. The van der Waals surface area contributed by atoms with Crippen LogP contribution in [-0.2, 0) is 23.5 Å². The summed E-state index contributed by atoms with van der Waals surface area (Å²) in [5, 5.41) is 11.0. The van der Waals surface area contributed by atoms with Gasteiger partial charge in [0.25, 0.3) is 0 Å². The first kappa shape index (κ1) is 15.5. The molecule has 114 valence electrons. The predicted molar refractivity (Wildman–Crippen MR) is 80.5 cm³/mol. The monoisotopic (exact) mass is 309 g/mol. The van der Waals surface area contributed by atoms with E-state index >= 15 is 0 Å². The summed E-state index contributed by atoms with van der Waals surface area (Å²) in [7, 11) is -1.49. The highest BCUT2D eigenvalue weighted by Crippen LogP contribution is 2.13. The molecule has 0 atom stereocenters. The summed E-state index contributed by atoms with van der Waals surface area (Å²) < 4.78 is 27.9. The van der Waals surface area contributed by atoms with Gasteiger partial charge in [-0.05, 0) is 24.3 Å². The van der Waals surface area contributed by atoms with E-state index in [0.717, 1.165) is 17.9 Å². The van der Waals surface area contributed by atoms with Crippen LogP contribution in [0.5, 0.6) is 0 Å². The van der Waals surface area contributed by atoms with Crippen LogP contribution >= 0.6 is 0 Å². The van der Waals surface area contributed by atoms with E-state index in [4.69, 9.17) is 0 Å². The Morgan fingerprint density at radius 2 is 1.95 bits per heavy atom. The van der Waals surface area contributed by atoms with Crippen molar-refractivity contribution >= 4 is 15.7 Å². The summed E-state index contributed by atoms with van der Waals surface area (Å²) in [5.74, 6) is 0.897. The van der Waals surface area contributed by atoms with Crippen molar-refractivity contribution in [1.29, 1.82) is 0 Å². The molecule has 21 heavy (non-hydrogen) atoms. The molecule has 0 saturated heterocycles. The smallest absolute Gasteiger partial charge is 0.240 e. The van der Waals surface area contributed by atoms with Gasteiger partial charge in [0.1, 0.15) is 12.2 Å². The molecule has 2 N–H and O–H groups in total. The van der Waals surface area contributed by atoms with E-state index < -0.39 is 10.0 Å². The van der Waals surface area contributed by atoms with Crippen molar-refractivity contribution in [3.8, 4) is 0 Å². The average molecular weight is 309 g/mol. The number of hydrogen-bond donors (Lipinski definition) is 2. The topological polar surface area (TPSA) is 88.9 Å². The Bertz CT molecular complexity index is 679. The second-order valence-corrected chi connectivity index (χ2v) is 6.33. The Morgan fingerprint density at radius 1 is 1.24 bits per heavy atom. The van der Waals surface area contributed by atoms with Crippen LogP contribution in [0.4, 0.5) is 5.69 Å². The summed E-state index contributed by atoms with van der Waals surface area (Å²) in [5.41, 5.74) is 0.868. The fraction of sp³-hybridized carbons (Fsp3) is 0.385. The molecule has 0 aliphatic carbocycles. The maximum Gasteiger partial charge on any atom is 0.240 e. The van der Waals surface area contributed by atoms with E-state index in [1.807, 2.05) is 11.6 Å². The second kappa shape index (κ2) is 6.68. The lowest BCUT2D eigenvalue weighted by atomic mass is 10.3. The zero-order valence-electron chi connectivity index (χ0n) is 12.1. The highest BCUT2D eigenvalue weighted by molar-refractivity contribution is 7.89. The van der Waals surface area contributed by atoms with Crippen LogP contribution in [-0.4, -0.2) is 36.3 Å². The summed E-state index contributed by atoms with van der Waals surface area (Å²) in [6.07, 6.45) is 2.41. The predicted octanol–water partition coefficient (Wildman–Crippen LogP) is 0.768. The SMILES string of the molecule is CCNS(=O)(=O)c1ccc(NCCc2nncn2C)cc1. The highest BCUT2D eigenvalue weighted by atomic mass is 32.2. The third kappa shape index (κ3) is 4.02. The minimum Gasteiger partial charge on any atom is -0.385 e. The normalized spacial score (nSPS) is 11.5. The van der Waals surface area contributed by atoms with E-state index in [-0.39, 0.29) is 4.90 Å². The lowest BCUT2D eigenvalue weighted by Crippen LogP contribution is -2.23. The molecule has 0 bridgehead atoms. The standard InChI is InChI=1S/C13H19N5O2S/c1-3-16-21(19,20)12-6-4-11(5-7-12)14-9-8-13-17-15-10-18(13)2/h4-7,10,14,16H,3,8-9H2,1-2H3. The van der Waals surface area contributed by atoms with E-state index in [0.29, 0.717) is 13.1 Å². The quantitative estimate of drug-likeness (QED) is 0.788. The largest absolute Gasteiger partial charge is 0.385 e. The molecule has 0 fully saturated rings.